The minimum absolute atomic E-state index is 0.0187. The molecule has 3 saturated carbocycles. The number of unbranched alkanes of at least 4 members (excludes halogenated alkanes) is 2. The predicted octanol–water partition coefficient (Wildman–Crippen LogP) is 4.19. The van der Waals surface area contributed by atoms with Crippen molar-refractivity contribution in [2.75, 3.05) is 25.0 Å². The van der Waals surface area contributed by atoms with Crippen LogP contribution in [-0.2, 0) is 54.3 Å². The number of ether oxygens (including phenoxy) is 3. The second kappa shape index (κ2) is 23.5. The molecule has 2 aliphatic heterocycles. The minimum atomic E-state index is -2.38. The van der Waals surface area contributed by atoms with Gasteiger partial charge in [-0.25, -0.2) is 18.4 Å². The van der Waals surface area contributed by atoms with Crippen LogP contribution in [0.1, 0.15) is 111 Å². The Morgan fingerprint density at radius 3 is 2.30 bits per heavy atom. The van der Waals surface area contributed by atoms with E-state index in [1.807, 2.05) is 6.92 Å². The molecule has 0 spiro atoms. The van der Waals surface area contributed by atoms with Crippen LogP contribution in [0.25, 0.3) is 0 Å². The van der Waals surface area contributed by atoms with E-state index in [1.165, 1.54) is 31.2 Å². The number of hydrogen-bond acceptors (Lipinski definition) is 13. The number of ketones is 2. The number of Topliss-reactive ketones (excluding diaryl/α,β-unsaturated/α-hetero) is 1. The number of benzene rings is 1. The van der Waals surface area contributed by atoms with Gasteiger partial charge < -0.3 is 51.6 Å². The summed E-state index contributed by atoms with van der Waals surface area (Å²) in [5.41, 5.74) is -0.953. The second-order valence-corrected chi connectivity index (χ2v) is 21.6. The van der Waals surface area contributed by atoms with Crippen molar-refractivity contribution in [1.29, 1.82) is 0 Å². The normalized spacial score (nSPS) is 30.8. The van der Waals surface area contributed by atoms with Gasteiger partial charge in [0.2, 0.25) is 23.5 Å². The summed E-state index contributed by atoms with van der Waals surface area (Å²) in [6, 6.07) is 3.50. The number of alkyl carbamates (subject to hydrolysis) is 1. The molecule has 12 atom stereocenters. The molecule has 76 heavy (non-hydrogen) atoms. The quantitative estimate of drug-likeness (QED) is 0.0599. The van der Waals surface area contributed by atoms with Gasteiger partial charge in [0.25, 0.3) is 11.8 Å². The maximum atomic E-state index is 17.9. The van der Waals surface area contributed by atoms with Crippen LogP contribution >= 0.6 is 0 Å². The molecule has 2 heterocycles. The number of nitrogens with one attached hydrogen (secondary N) is 5. The van der Waals surface area contributed by atoms with Crippen molar-refractivity contribution >= 4 is 58.9 Å². The van der Waals surface area contributed by atoms with Gasteiger partial charge in [-0.15, -0.1) is 0 Å². The third-order valence-electron chi connectivity index (χ3n) is 16.4. The Hall–Kier alpha value is -6.39. The maximum Gasteiger partial charge on any atom is 0.407 e. The van der Waals surface area contributed by atoms with Crippen molar-refractivity contribution in [3.63, 3.8) is 0 Å². The molecule has 0 aromatic heterocycles. The van der Waals surface area contributed by atoms with E-state index in [9.17, 15) is 48.3 Å². The molecule has 0 radical (unpaired) electrons. The Morgan fingerprint density at radius 2 is 1.63 bits per heavy atom. The third kappa shape index (κ3) is 11.3. The number of anilines is 1. The fourth-order valence-corrected chi connectivity index (χ4v) is 12.5. The Labute approximate surface area is 440 Å². The van der Waals surface area contributed by atoms with Gasteiger partial charge in [0, 0.05) is 60.6 Å². The summed E-state index contributed by atoms with van der Waals surface area (Å²) >= 11 is 0. The van der Waals surface area contributed by atoms with Crippen LogP contribution < -0.4 is 32.3 Å². The number of primary amides is 1. The summed E-state index contributed by atoms with van der Waals surface area (Å²) < 4.78 is 52.3. The lowest BCUT2D eigenvalue weighted by Crippen LogP contribution is -2.71. The molecule has 8 amide bonds. The Bertz CT molecular complexity index is 2520. The number of carbonyl (C=O) groups is 9. The first kappa shape index (κ1) is 57.3. The molecular formula is C54H71F2N7O13. The molecule has 4 aliphatic carbocycles. The van der Waals surface area contributed by atoms with E-state index in [2.05, 4.69) is 26.6 Å². The number of alkyl halides is 2. The lowest BCUT2D eigenvalue weighted by atomic mass is 9.44. The first-order valence-electron chi connectivity index (χ1n) is 26.3. The van der Waals surface area contributed by atoms with Crippen LogP contribution in [0.3, 0.4) is 0 Å². The number of aliphatic hydroxyl groups excluding tert-OH is 1. The number of hydrogen-bond donors (Lipinski definition) is 7. The molecule has 1 saturated heterocycles. The number of fused-ring (bicyclic) bond motifs is 7. The average Bonchev–Trinajstić information content (AvgIpc) is 4.19. The zero-order chi connectivity index (χ0) is 55.3. The van der Waals surface area contributed by atoms with Gasteiger partial charge >= 0.3 is 12.1 Å². The van der Waals surface area contributed by atoms with Crippen LogP contribution in [0.15, 0.2) is 60.2 Å². The summed E-state index contributed by atoms with van der Waals surface area (Å²) in [5, 5.41) is 25.2. The summed E-state index contributed by atoms with van der Waals surface area (Å²) in [6.07, 6.45) is 2.61. The molecule has 1 aromatic rings. The lowest BCUT2D eigenvalue weighted by molar-refractivity contribution is -0.234. The van der Waals surface area contributed by atoms with Crippen LogP contribution in [-0.4, -0.2) is 131 Å². The second-order valence-electron chi connectivity index (χ2n) is 21.6. The molecular weight excluding hydrogens is 993 g/mol. The standard InChI is InChI=1S/C54H71F2N7O13/c1-6-11-45-75-41-26-34-35-25-37(55)36-24-33(64)20-21-51(36,4)53(35,56)39(65)27-52(34,5)54(41,76-45)40(66)29-74-50(73)59-28-31-14-16-32(17-15-31)60-47(70)38(12-10-22-58-49(57)72)61-48(71)46(30(2)3)62-42(67)13-8-7-9-23-63-43(68)18-19-44(63)69/h14-21,24,30,34-35,37-39,41,45-46,65H,6-13,22-23,25-29H2,1-5H3,(H,59,73)(H,60,70)(H,61,71)(H,62,67)(H3,57,58,72)/t34-,35-,37-,38-,39-,41+,45?,46-,51-,52-,53-,54+/m0/s1. The number of aliphatic hydroxyl groups is 1. The molecule has 20 nitrogen and oxygen atoms in total. The number of nitrogens with two attached hydrogens (primary N) is 1. The Morgan fingerprint density at radius 1 is 0.921 bits per heavy atom. The monoisotopic (exact) mass is 1060 g/mol. The highest BCUT2D eigenvalue weighted by Crippen LogP contribution is 2.72. The van der Waals surface area contributed by atoms with E-state index in [0.29, 0.717) is 43.4 Å². The van der Waals surface area contributed by atoms with Crippen molar-refractivity contribution in [3.05, 3.63) is 65.8 Å². The van der Waals surface area contributed by atoms with Crippen molar-refractivity contribution in [1.82, 2.24) is 26.2 Å². The van der Waals surface area contributed by atoms with Crippen LogP contribution in [0.4, 0.5) is 24.1 Å². The number of allylic oxidation sites excluding steroid dienone is 4. The average molecular weight is 1060 g/mol. The van der Waals surface area contributed by atoms with Gasteiger partial charge in [0.1, 0.15) is 18.3 Å². The number of halogens is 2. The lowest BCUT2D eigenvalue weighted by Gasteiger charge is -2.63. The van der Waals surface area contributed by atoms with Gasteiger partial charge in [-0.05, 0) is 106 Å². The minimum Gasteiger partial charge on any atom is -0.441 e. The molecule has 8 N–H and O–H groups in total. The van der Waals surface area contributed by atoms with E-state index < -0.39 is 119 Å². The first-order chi connectivity index (χ1) is 36.0. The van der Waals surface area contributed by atoms with E-state index in [-0.39, 0.29) is 81.5 Å². The summed E-state index contributed by atoms with van der Waals surface area (Å²) in [5.74, 6) is -5.60. The number of amides is 8. The van der Waals surface area contributed by atoms with Gasteiger partial charge in [-0.1, -0.05) is 58.7 Å². The summed E-state index contributed by atoms with van der Waals surface area (Å²) in [4.78, 5) is 116. The number of imide groups is 1. The van der Waals surface area contributed by atoms with Crippen molar-refractivity contribution in [2.24, 2.45) is 34.3 Å². The van der Waals surface area contributed by atoms with Crippen molar-refractivity contribution in [3.8, 4) is 0 Å². The molecule has 4 fully saturated rings. The molecule has 22 heteroatoms. The fourth-order valence-electron chi connectivity index (χ4n) is 12.5. The molecule has 0 bridgehead atoms. The molecule has 6 aliphatic rings. The highest BCUT2D eigenvalue weighted by molar-refractivity contribution is 6.12. The van der Waals surface area contributed by atoms with E-state index in [1.54, 1.807) is 45.0 Å². The van der Waals surface area contributed by atoms with E-state index in [4.69, 9.17) is 19.9 Å². The highest BCUT2D eigenvalue weighted by atomic mass is 19.1. The number of urea groups is 1. The maximum absolute atomic E-state index is 17.9. The van der Waals surface area contributed by atoms with Gasteiger partial charge in [0.15, 0.2) is 29.9 Å². The number of nitrogens with zero attached hydrogens (tertiary/aromatic N) is 1. The van der Waals surface area contributed by atoms with Crippen LogP contribution in [0, 0.1) is 28.6 Å². The van der Waals surface area contributed by atoms with Gasteiger partial charge in [0.05, 0.1) is 12.2 Å². The summed E-state index contributed by atoms with van der Waals surface area (Å²) in [7, 11) is 0. The smallest absolute Gasteiger partial charge is 0.407 e. The summed E-state index contributed by atoms with van der Waals surface area (Å²) in [6.45, 7) is 8.15. The fraction of sp³-hybridized carbons (Fsp3) is 0.611. The van der Waals surface area contributed by atoms with Crippen LogP contribution in [0.2, 0.25) is 0 Å². The van der Waals surface area contributed by atoms with Crippen molar-refractivity contribution < 1.29 is 71.2 Å². The number of carbonyl (C=O) groups excluding carboxylic acids is 9. The molecule has 1 unspecified atom stereocenters. The van der Waals surface area contributed by atoms with Crippen molar-refractivity contribution in [2.45, 2.75) is 160 Å². The zero-order valence-corrected chi connectivity index (χ0v) is 43.6. The topological polar surface area (TPSA) is 291 Å². The number of rotatable bonds is 23. The van der Waals surface area contributed by atoms with Gasteiger partial charge in [-0.3, -0.25) is 38.5 Å². The first-order valence-corrected chi connectivity index (χ1v) is 26.3. The Kier molecular flexibility index (Phi) is 17.7. The molecule has 7 rings (SSSR count). The van der Waals surface area contributed by atoms with E-state index in [0.717, 1.165) is 11.0 Å². The zero-order valence-electron chi connectivity index (χ0n) is 43.6. The SMILES string of the molecule is CCCC1O[C@@H]2C[C@H]3[C@@H]4C[C@H](F)C5=CC(=O)C=C[C@]5(C)[C@@]4(F)[C@@H](O)C[C@]3(C)[C@]2(C(=O)COC(=O)NCc2ccc(NC(=O)[C@H](CCCNC(N)=O)NC(=O)[C@@H](NC(=O)CCCCCN3C(=O)C=CC3=O)C(C)C)cc2)O1. The largest absolute Gasteiger partial charge is 0.441 e. The van der Waals surface area contributed by atoms with Gasteiger partial charge in [-0.2, -0.15) is 0 Å². The van der Waals surface area contributed by atoms with Crippen LogP contribution in [0.5, 0.6) is 0 Å². The predicted molar refractivity (Wildman–Crippen MR) is 270 cm³/mol. The highest BCUT2D eigenvalue weighted by Gasteiger charge is 2.80. The Balaban J connectivity index is 0.931. The molecule has 1 aromatic carbocycles. The molecule has 414 valence electrons. The van der Waals surface area contributed by atoms with E-state index >= 15 is 8.78 Å². The third-order valence-corrected chi connectivity index (χ3v) is 16.4.